The Morgan fingerprint density at radius 3 is 2.30 bits per heavy atom. The molecule has 1 aliphatic carbocycles. The first kappa shape index (κ1) is 24.9. The first-order chi connectivity index (χ1) is 12.7. The van der Waals surface area contributed by atoms with E-state index in [9.17, 15) is 0 Å². The van der Waals surface area contributed by atoms with Crippen LogP contribution in [0.25, 0.3) is 0 Å². The highest BCUT2D eigenvalue weighted by Gasteiger charge is 2.38. The molecule has 2 N–H and O–H groups in total. The zero-order chi connectivity index (χ0) is 18.7. The van der Waals surface area contributed by atoms with E-state index < -0.39 is 0 Å². The second kappa shape index (κ2) is 14.0. The monoisotopic (exact) mass is 495 g/mol. The van der Waals surface area contributed by atoms with Crippen LogP contribution < -0.4 is 10.6 Å². The second-order valence-corrected chi connectivity index (χ2v) is 7.53. The van der Waals surface area contributed by atoms with Crippen molar-refractivity contribution in [1.29, 1.82) is 0 Å². The number of aliphatic imine (C=N–C) groups is 1. The van der Waals surface area contributed by atoms with Crippen molar-refractivity contribution >= 4 is 29.9 Å². The third-order valence-electron chi connectivity index (χ3n) is 5.96. The Balaban J connectivity index is 0.00000364. The lowest BCUT2D eigenvalue weighted by atomic mass is 9.80. The van der Waals surface area contributed by atoms with Gasteiger partial charge in [0, 0.05) is 38.3 Å². The number of halogens is 1. The van der Waals surface area contributed by atoms with E-state index in [0.717, 1.165) is 71.5 Å². The normalized spacial score (nSPS) is 21.0. The highest BCUT2D eigenvalue weighted by molar-refractivity contribution is 14.0. The lowest BCUT2D eigenvalue weighted by Crippen LogP contribution is -2.56. The number of hydrogen-bond donors (Lipinski definition) is 2. The highest BCUT2D eigenvalue weighted by atomic mass is 127. The fourth-order valence-electron chi connectivity index (χ4n) is 4.26. The van der Waals surface area contributed by atoms with Gasteiger partial charge in [0.25, 0.3) is 0 Å². The summed E-state index contributed by atoms with van der Waals surface area (Å²) in [5, 5.41) is 6.96. The van der Waals surface area contributed by atoms with Crippen molar-refractivity contribution in [3.05, 3.63) is 0 Å². The molecular weight excluding hydrogens is 453 g/mol. The number of hydrogen-bond acceptors (Lipinski definition) is 4. The van der Waals surface area contributed by atoms with Crippen LogP contribution in [-0.4, -0.2) is 86.9 Å². The fraction of sp³-hybridized carbons (Fsp3) is 0.950. The van der Waals surface area contributed by atoms with Gasteiger partial charge in [-0.2, -0.15) is 0 Å². The fourth-order valence-corrected chi connectivity index (χ4v) is 4.26. The SMILES string of the molecule is CCNC(=NCC1(N2CCOCC2)CCCCC1)NCCN(CC)CC.I. The average Bonchev–Trinajstić information content (AvgIpc) is 2.71. The summed E-state index contributed by atoms with van der Waals surface area (Å²) in [6.45, 7) is 16.4. The van der Waals surface area contributed by atoms with E-state index in [1.807, 2.05) is 0 Å². The predicted octanol–water partition coefficient (Wildman–Crippen LogP) is 2.54. The van der Waals surface area contributed by atoms with Crippen LogP contribution in [0.15, 0.2) is 4.99 Å². The maximum atomic E-state index is 5.59. The smallest absolute Gasteiger partial charge is 0.191 e. The molecule has 0 radical (unpaired) electrons. The molecule has 0 amide bonds. The Bertz CT molecular complexity index is 405. The summed E-state index contributed by atoms with van der Waals surface area (Å²) in [7, 11) is 0. The van der Waals surface area contributed by atoms with Gasteiger partial charge in [0.05, 0.1) is 19.8 Å². The summed E-state index contributed by atoms with van der Waals surface area (Å²) in [5.74, 6) is 0.970. The first-order valence-electron chi connectivity index (χ1n) is 10.8. The Hall–Kier alpha value is -0.120. The van der Waals surface area contributed by atoms with Crippen molar-refractivity contribution in [2.75, 3.05) is 65.6 Å². The van der Waals surface area contributed by atoms with Crippen molar-refractivity contribution in [3.8, 4) is 0 Å². The Kier molecular flexibility index (Phi) is 12.9. The van der Waals surface area contributed by atoms with E-state index in [1.165, 1.54) is 32.1 Å². The molecule has 2 rings (SSSR count). The lowest BCUT2D eigenvalue weighted by molar-refractivity contribution is -0.0333. The molecule has 2 aliphatic rings. The number of nitrogens with one attached hydrogen (secondary N) is 2. The largest absolute Gasteiger partial charge is 0.379 e. The zero-order valence-corrected chi connectivity index (χ0v) is 20.1. The van der Waals surface area contributed by atoms with Crippen LogP contribution in [0.1, 0.15) is 52.9 Å². The number of ether oxygens (including phenoxy) is 1. The molecule has 0 bridgehead atoms. The third kappa shape index (κ3) is 8.03. The molecule has 6 nitrogen and oxygen atoms in total. The molecular formula is C20H42IN5O. The number of rotatable bonds is 9. The van der Waals surface area contributed by atoms with Gasteiger partial charge < -0.3 is 20.3 Å². The van der Waals surface area contributed by atoms with Gasteiger partial charge >= 0.3 is 0 Å². The third-order valence-corrected chi connectivity index (χ3v) is 5.96. The van der Waals surface area contributed by atoms with Crippen LogP contribution >= 0.6 is 24.0 Å². The number of morpholine rings is 1. The molecule has 0 unspecified atom stereocenters. The van der Waals surface area contributed by atoms with Crippen LogP contribution in [0, 0.1) is 0 Å². The first-order valence-corrected chi connectivity index (χ1v) is 10.8. The minimum Gasteiger partial charge on any atom is -0.379 e. The molecule has 0 aromatic rings. The summed E-state index contributed by atoms with van der Waals surface area (Å²) in [4.78, 5) is 10.1. The molecule has 1 saturated heterocycles. The van der Waals surface area contributed by atoms with E-state index in [0.29, 0.717) is 0 Å². The molecule has 1 saturated carbocycles. The summed E-state index contributed by atoms with van der Waals surface area (Å²) < 4.78 is 5.59. The highest BCUT2D eigenvalue weighted by Crippen LogP contribution is 2.34. The minimum absolute atomic E-state index is 0. The van der Waals surface area contributed by atoms with Gasteiger partial charge in [-0.25, -0.2) is 0 Å². The van der Waals surface area contributed by atoms with Gasteiger partial charge in [-0.1, -0.05) is 33.1 Å². The van der Waals surface area contributed by atoms with Gasteiger partial charge in [-0.3, -0.25) is 9.89 Å². The van der Waals surface area contributed by atoms with Crippen molar-refractivity contribution in [3.63, 3.8) is 0 Å². The quantitative estimate of drug-likeness (QED) is 0.293. The minimum atomic E-state index is 0. The summed E-state index contributed by atoms with van der Waals surface area (Å²) in [5.41, 5.74) is 0.239. The second-order valence-electron chi connectivity index (χ2n) is 7.53. The standard InChI is InChI=1S/C20H41N5O.HI/c1-4-21-19(22-12-13-24(5-2)6-3)23-18-20(10-8-7-9-11-20)25-14-16-26-17-15-25;/h4-18H2,1-3H3,(H2,21,22,23);1H. The molecule has 0 spiro atoms. The summed E-state index contributed by atoms with van der Waals surface area (Å²) in [6, 6.07) is 0. The van der Waals surface area contributed by atoms with E-state index in [-0.39, 0.29) is 29.5 Å². The predicted molar refractivity (Wildman–Crippen MR) is 125 cm³/mol. The summed E-state index contributed by atoms with van der Waals surface area (Å²) >= 11 is 0. The molecule has 1 heterocycles. The Morgan fingerprint density at radius 1 is 1.04 bits per heavy atom. The van der Waals surface area contributed by atoms with Crippen molar-refractivity contribution in [2.24, 2.45) is 4.99 Å². The number of likely N-dealkylation sites (N-methyl/N-ethyl adjacent to an activating group) is 1. The molecule has 7 heteroatoms. The van der Waals surface area contributed by atoms with Gasteiger partial charge in [-0.15, -0.1) is 24.0 Å². The lowest BCUT2D eigenvalue weighted by Gasteiger charge is -2.47. The van der Waals surface area contributed by atoms with E-state index in [4.69, 9.17) is 9.73 Å². The van der Waals surface area contributed by atoms with E-state index in [1.54, 1.807) is 0 Å². The van der Waals surface area contributed by atoms with E-state index in [2.05, 4.69) is 41.2 Å². The van der Waals surface area contributed by atoms with Crippen LogP contribution in [0.4, 0.5) is 0 Å². The Morgan fingerprint density at radius 2 is 1.70 bits per heavy atom. The molecule has 2 fully saturated rings. The van der Waals surface area contributed by atoms with Gasteiger partial charge in [0.15, 0.2) is 5.96 Å². The van der Waals surface area contributed by atoms with Gasteiger partial charge in [-0.05, 0) is 32.9 Å². The van der Waals surface area contributed by atoms with Crippen LogP contribution in [0.3, 0.4) is 0 Å². The molecule has 0 aromatic carbocycles. The zero-order valence-electron chi connectivity index (χ0n) is 17.8. The van der Waals surface area contributed by atoms with Crippen LogP contribution in [-0.2, 0) is 4.74 Å². The van der Waals surface area contributed by atoms with E-state index >= 15 is 0 Å². The van der Waals surface area contributed by atoms with Gasteiger partial charge in [0.1, 0.15) is 0 Å². The topological polar surface area (TPSA) is 52.1 Å². The maximum absolute atomic E-state index is 5.59. The summed E-state index contributed by atoms with van der Waals surface area (Å²) in [6.07, 6.45) is 6.58. The average molecular weight is 495 g/mol. The van der Waals surface area contributed by atoms with Crippen molar-refractivity contribution in [1.82, 2.24) is 20.4 Å². The molecule has 27 heavy (non-hydrogen) atoms. The molecule has 160 valence electrons. The number of guanidine groups is 1. The number of nitrogens with zero attached hydrogens (tertiary/aromatic N) is 3. The molecule has 0 atom stereocenters. The van der Waals surface area contributed by atoms with Crippen molar-refractivity contribution < 1.29 is 4.74 Å². The Labute approximate surface area is 183 Å². The van der Waals surface area contributed by atoms with Crippen molar-refractivity contribution in [2.45, 2.75) is 58.4 Å². The van der Waals surface area contributed by atoms with Crippen LogP contribution in [0.5, 0.6) is 0 Å². The van der Waals surface area contributed by atoms with Gasteiger partial charge in [0.2, 0.25) is 0 Å². The maximum Gasteiger partial charge on any atom is 0.191 e. The molecule has 1 aliphatic heterocycles. The molecule has 0 aromatic heterocycles. The van der Waals surface area contributed by atoms with Crippen LogP contribution in [0.2, 0.25) is 0 Å².